The second kappa shape index (κ2) is 6.01. The number of carbonyl (C=O) groups is 1. The maximum absolute atomic E-state index is 12.5. The molecule has 0 radical (unpaired) electrons. The highest BCUT2D eigenvalue weighted by molar-refractivity contribution is 6.18. The number of hydrogen-bond acceptors (Lipinski definition) is 2. The Hall–Kier alpha value is -2.22. The highest BCUT2D eigenvalue weighted by atomic mass is 16.1. The van der Waals surface area contributed by atoms with Gasteiger partial charge in [-0.05, 0) is 69.4 Å². The van der Waals surface area contributed by atoms with E-state index in [0.717, 1.165) is 23.3 Å². The third-order valence-corrected chi connectivity index (χ3v) is 4.85. The van der Waals surface area contributed by atoms with E-state index in [9.17, 15) is 4.79 Å². The summed E-state index contributed by atoms with van der Waals surface area (Å²) in [5.74, 6) is -0.159. The van der Waals surface area contributed by atoms with Crippen LogP contribution in [0.4, 0.5) is 0 Å². The van der Waals surface area contributed by atoms with Crippen LogP contribution in [0.2, 0.25) is 0 Å². The number of fused-ring (bicyclic) bond motifs is 1. The fraction of sp³-hybridized carbons (Fsp3) is 0.364. The van der Waals surface area contributed by atoms with Gasteiger partial charge >= 0.3 is 0 Å². The van der Waals surface area contributed by atoms with E-state index in [1.807, 2.05) is 30.3 Å². The van der Waals surface area contributed by atoms with Crippen molar-refractivity contribution in [1.82, 2.24) is 0 Å². The van der Waals surface area contributed by atoms with Gasteiger partial charge in [-0.2, -0.15) is 0 Å². The van der Waals surface area contributed by atoms with Crippen LogP contribution >= 0.6 is 0 Å². The van der Waals surface area contributed by atoms with Gasteiger partial charge in [0.2, 0.25) is 0 Å². The van der Waals surface area contributed by atoms with Crippen LogP contribution in [-0.2, 0) is 11.2 Å². The number of Topliss-reactive ketones (excluding diaryl/α,β-unsaturated/α-hetero) is 1. The standard InChI is InChI=1S/C22H25NO/c1-14-11-18-13-22(4,5)23-21(19(18)12-15(14)2)20(16(3)24)17-9-7-6-8-10-17/h6-12,20H,13H2,1-5H3/t20-/m0/s1. The summed E-state index contributed by atoms with van der Waals surface area (Å²) < 4.78 is 0. The molecule has 0 bridgehead atoms. The number of carbonyl (C=O) groups excluding carboxylic acids is 1. The first kappa shape index (κ1) is 16.6. The topological polar surface area (TPSA) is 29.4 Å². The van der Waals surface area contributed by atoms with Gasteiger partial charge < -0.3 is 0 Å². The molecule has 0 fully saturated rings. The van der Waals surface area contributed by atoms with Gasteiger partial charge in [0.1, 0.15) is 5.78 Å². The van der Waals surface area contributed by atoms with Gasteiger partial charge in [0, 0.05) is 5.56 Å². The van der Waals surface area contributed by atoms with E-state index < -0.39 is 0 Å². The number of aliphatic imine (C=N–C) groups is 1. The maximum atomic E-state index is 12.5. The zero-order chi connectivity index (χ0) is 17.5. The zero-order valence-electron chi connectivity index (χ0n) is 15.2. The molecular formula is C22H25NO. The molecule has 3 rings (SSSR count). The van der Waals surface area contributed by atoms with Crippen molar-refractivity contribution in [3.63, 3.8) is 0 Å². The monoisotopic (exact) mass is 319 g/mol. The molecule has 0 saturated carbocycles. The maximum Gasteiger partial charge on any atom is 0.143 e. The van der Waals surface area contributed by atoms with Gasteiger partial charge in [0.25, 0.3) is 0 Å². The van der Waals surface area contributed by atoms with Crippen LogP contribution < -0.4 is 0 Å². The number of hydrogen-bond donors (Lipinski definition) is 0. The number of ketones is 1. The van der Waals surface area contributed by atoms with Gasteiger partial charge in [-0.1, -0.05) is 36.4 Å². The summed E-state index contributed by atoms with van der Waals surface area (Å²) in [5.41, 5.74) is 6.74. The Balaban J connectivity index is 2.22. The van der Waals surface area contributed by atoms with Crippen molar-refractivity contribution in [2.75, 3.05) is 0 Å². The lowest BCUT2D eigenvalue weighted by molar-refractivity contribution is -0.117. The smallest absolute Gasteiger partial charge is 0.143 e. The molecule has 1 atom stereocenters. The van der Waals surface area contributed by atoms with Crippen molar-refractivity contribution in [2.45, 2.75) is 52.5 Å². The predicted octanol–water partition coefficient (Wildman–Crippen LogP) is 4.80. The first-order valence-corrected chi connectivity index (χ1v) is 8.54. The van der Waals surface area contributed by atoms with Gasteiger partial charge in [-0.15, -0.1) is 0 Å². The van der Waals surface area contributed by atoms with E-state index in [4.69, 9.17) is 4.99 Å². The Morgan fingerprint density at radius 2 is 1.71 bits per heavy atom. The lowest BCUT2D eigenvalue weighted by Gasteiger charge is -2.32. The van der Waals surface area contributed by atoms with E-state index in [-0.39, 0.29) is 17.2 Å². The molecule has 2 aromatic rings. The number of benzene rings is 2. The van der Waals surface area contributed by atoms with Crippen LogP contribution in [0.5, 0.6) is 0 Å². The van der Waals surface area contributed by atoms with Crippen LogP contribution in [0.1, 0.15) is 54.5 Å². The molecule has 0 saturated heterocycles. The summed E-state index contributed by atoms with van der Waals surface area (Å²) in [5, 5.41) is 0. The molecule has 0 N–H and O–H groups in total. The minimum absolute atomic E-state index is 0.141. The van der Waals surface area contributed by atoms with E-state index in [0.29, 0.717) is 0 Å². The summed E-state index contributed by atoms with van der Waals surface area (Å²) in [4.78, 5) is 17.6. The average Bonchev–Trinajstić information content (AvgIpc) is 2.49. The summed E-state index contributed by atoms with van der Waals surface area (Å²) in [6.07, 6.45) is 0.909. The second-order valence-electron chi connectivity index (χ2n) is 7.53. The van der Waals surface area contributed by atoms with Crippen molar-refractivity contribution in [1.29, 1.82) is 0 Å². The van der Waals surface area contributed by atoms with E-state index >= 15 is 0 Å². The molecule has 1 aliphatic heterocycles. The normalized spacial score (nSPS) is 17.0. The van der Waals surface area contributed by atoms with Crippen LogP contribution in [0, 0.1) is 13.8 Å². The molecule has 2 aromatic carbocycles. The number of rotatable bonds is 3. The van der Waals surface area contributed by atoms with Crippen LogP contribution in [0.3, 0.4) is 0 Å². The Morgan fingerprint density at radius 1 is 1.08 bits per heavy atom. The highest BCUT2D eigenvalue weighted by Gasteiger charge is 2.33. The molecule has 1 aliphatic rings. The fourth-order valence-corrected chi connectivity index (χ4v) is 3.60. The van der Waals surface area contributed by atoms with Crippen molar-refractivity contribution >= 4 is 11.5 Å². The average molecular weight is 319 g/mol. The molecule has 1 heterocycles. The fourth-order valence-electron chi connectivity index (χ4n) is 3.60. The zero-order valence-corrected chi connectivity index (χ0v) is 15.2. The van der Waals surface area contributed by atoms with Gasteiger partial charge in [-0.3, -0.25) is 9.79 Å². The first-order chi connectivity index (χ1) is 11.3. The van der Waals surface area contributed by atoms with Crippen molar-refractivity contribution in [3.8, 4) is 0 Å². The lowest BCUT2D eigenvalue weighted by Crippen LogP contribution is -2.33. The number of aryl methyl sites for hydroxylation is 2. The minimum atomic E-state index is -0.299. The quantitative estimate of drug-likeness (QED) is 0.799. The molecule has 0 spiro atoms. The molecule has 0 aliphatic carbocycles. The molecule has 0 amide bonds. The van der Waals surface area contributed by atoms with Crippen molar-refractivity contribution < 1.29 is 4.79 Å². The minimum Gasteiger partial charge on any atom is -0.299 e. The van der Waals surface area contributed by atoms with Gasteiger partial charge in [0.05, 0.1) is 17.2 Å². The Kier molecular flexibility index (Phi) is 4.16. The lowest BCUT2D eigenvalue weighted by atomic mass is 9.78. The second-order valence-corrected chi connectivity index (χ2v) is 7.53. The Morgan fingerprint density at radius 3 is 2.33 bits per heavy atom. The SMILES string of the molecule is CC(=O)[C@H](C1=NC(C)(C)Cc2cc(C)c(C)cc21)c1ccccc1. The molecule has 24 heavy (non-hydrogen) atoms. The van der Waals surface area contributed by atoms with Crippen LogP contribution in [-0.4, -0.2) is 17.0 Å². The van der Waals surface area contributed by atoms with E-state index in [1.165, 1.54) is 16.7 Å². The van der Waals surface area contributed by atoms with Gasteiger partial charge in [0.15, 0.2) is 0 Å². The third kappa shape index (κ3) is 3.06. The van der Waals surface area contributed by atoms with Crippen LogP contribution in [0.25, 0.3) is 0 Å². The molecule has 124 valence electrons. The Labute approximate surface area is 144 Å². The molecule has 0 aromatic heterocycles. The summed E-state index contributed by atoms with van der Waals surface area (Å²) in [7, 11) is 0. The van der Waals surface area contributed by atoms with Crippen molar-refractivity contribution in [2.24, 2.45) is 4.99 Å². The van der Waals surface area contributed by atoms with Gasteiger partial charge in [-0.25, -0.2) is 0 Å². The Bertz CT molecular complexity index is 815. The molecule has 2 heteroatoms. The van der Waals surface area contributed by atoms with E-state index in [1.54, 1.807) is 6.92 Å². The van der Waals surface area contributed by atoms with Crippen molar-refractivity contribution in [3.05, 3.63) is 70.3 Å². The van der Waals surface area contributed by atoms with Crippen LogP contribution in [0.15, 0.2) is 47.5 Å². The predicted molar refractivity (Wildman–Crippen MR) is 100 cm³/mol. The summed E-state index contributed by atoms with van der Waals surface area (Å²) in [6.45, 7) is 10.2. The first-order valence-electron chi connectivity index (χ1n) is 8.54. The summed E-state index contributed by atoms with van der Waals surface area (Å²) >= 11 is 0. The molecular weight excluding hydrogens is 294 g/mol. The highest BCUT2D eigenvalue weighted by Crippen LogP contribution is 2.34. The summed E-state index contributed by atoms with van der Waals surface area (Å²) in [6, 6.07) is 14.5. The van der Waals surface area contributed by atoms with E-state index in [2.05, 4.69) is 39.8 Å². The molecule has 0 unspecified atom stereocenters. The molecule has 2 nitrogen and oxygen atoms in total. The third-order valence-electron chi connectivity index (χ3n) is 4.85. The largest absolute Gasteiger partial charge is 0.299 e. The number of nitrogens with zero attached hydrogens (tertiary/aromatic N) is 1.